The van der Waals surface area contributed by atoms with Crippen molar-refractivity contribution in [1.82, 2.24) is 0 Å². The second kappa shape index (κ2) is 5.03. The minimum absolute atomic E-state index is 0.452. The van der Waals surface area contributed by atoms with E-state index in [0.717, 1.165) is 18.2 Å². The predicted octanol–water partition coefficient (Wildman–Crippen LogP) is 3.69. The second-order valence-electron chi connectivity index (χ2n) is 3.14. The number of hydrogen-bond donors (Lipinski definition) is 0. The monoisotopic (exact) mass is 314 g/mol. The van der Waals surface area contributed by atoms with Crippen molar-refractivity contribution in [1.29, 1.82) is 0 Å². The quantitative estimate of drug-likeness (QED) is 0.483. The minimum Gasteiger partial charge on any atom is -0.402 e. The lowest BCUT2D eigenvalue weighted by Gasteiger charge is -2.13. The molecule has 1 rings (SSSR count). The van der Waals surface area contributed by atoms with Crippen LogP contribution in [0.4, 0.5) is 17.6 Å². The summed E-state index contributed by atoms with van der Waals surface area (Å²) in [5.41, 5.74) is -0.452. The van der Waals surface area contributed by atoms with Gasteiger partial charge in [0.05, 0.1) is 10.4 Å². The summed E-state index contributed by atoms with van der Waals surface area (Å²) in [6.45, 7) is 1.42. The number of benzene rings is 1. The summed E-state index contributed by atoms with van der Waals surface area (Å²) in [7, 11) is 0. The molecule has 7 heteroatoms. The molecule has 0 N–H and O–H groups in total. The van der Waals surface area contributed by atoms with Crippen LogP contribution in [0.2, 0.25) is 0 Å². The number of hydrogen-bond acceptors (Lipinski definition) is 2. The molecule has 0 bridgehead atoms. The Morgan fingerprint density at radius 3 is 2.47 bits per heavy atom. The number of carbonyl (C=O) groups excluding carboxylic acids is 1. The molecule has 0 saturated heterocycles. The Hall–Kier alpha value is -1.11. The molecule has 0 amide bonds. The molecule has 1 aromatic carbocycles. The highest BCUT2D eigenvalue weighted by atomic mass is 79.9. The molecule has 0 aliphatic heterocycles. The lowest BCUT2D eigenvalue weighted by Crippen LogP contribution is -2.21. The summed E-state index contributed by atoms with van der Waals surface area (Å²) in [4.78, 5) is 10.8. The fraction of sp³-hybridized carbons (Fsp3) is 0.300. The fourth-order valence-corrected chi connectivity index (χ4v) is 1.38. The van der Waals surface area contributed by atoms with Crippen LogP contribution in [0, 0.1) is 5.82 Å². The smallest absolute Gasteiger partial charge is 0.402 e. The zero-order chi connectivity index (χ0) is 13.2. The summed E-state index contributed by atoms with van der Waals surface area (Å²) in [6.07, 6.45) is -5.05. The number of halogens is 5. The van der Waals surface area contributed by atoms with E-state index >= 15 is 0 Å². The Balaban J connectivity index is 3.22. The van der Waals surface area contributed by atoms with Crippen LogP contribution in [0.15, 0.2) is 18.2 Å². The fourth-order valence-electron chi connectivity index (χ4n) is 1.14. The van der Waals surface area contributed by atoms with E-state index in [1.165, 1.54) is 6.92 Å². The molecule has 0 aromatic heterocycles. The third-order valence-electron chi connectivity index (χ3n) is 1.81. The van der Waals surface area contributed by atoms with Crippen LogP contribution < -0.4 is 4.74 Å². The maximum absolute atomic E-state index is 13.2. The Morgan fingerprint density at radius 2 is 2.00 bits per heavy atom. The molecular weight excluding hydrogens is 308 g/mol. The molecule has 94 valence electrons. The van der Waals surface area contributed by atoms with E-state index in [1.807, 2.05) is 0 Å². The van der Waals surface area contributed by atoms with Gasteiger partial charge in [-0.1, -0.05) is 22.0 Å². The van der Waals surface area contributed by atoms with Gasteiger partial charge in [-0.15, -0.1) is 13.2 Å². The zero-order valence-corrected chi connectivity index (χ0v) is 10.1. The van der Waals surface area contributed by atoms with E-state index in [2.05, 4.69) is 20.7 Å². The van der Waals surface area contributed by atoms with Gasteiger partial charge < -0.3 is 4.74 Å². The average molecular weight is 315 g/mol. The van der Waals surface area contributed by atoms with Gasteiger partial charge in [-0.3, -0.25) is 4.79 Å². The Bertz CT molecular complexity index is 429. The molecule has 0 aliphatic rings. The van der Waals surface area contributed by atoms with Crippen molar-refractivity contribution in [2.24, 2.45) is 0 Å². The SMILES string of the molecule is CC(Br)C(=O)c1cccc(F)c1OC(F)(F)F. The first kappa shape index (κ1) is 14.0. The van der Waals surface area contributed by atoms with Crippen molar-refractivity contribution in [2.45, 2.75) is 18.1 Å². The van der Waals surface area contributed by atoms with Gasteiger partial charge in [0.15, 0.2) is 17.3 Å². The first-order chi connectivity index (χ1) is 7.72. The van der Waals surface area contributed by atoms with Gasteiger partial charge in [0, 0.05) is 0 Å². The molecular formula is C10H7BrF4O2. The van der Waals surface area contributed by atoms with Gasteiger partial charge >= 0.3 is 6.36 Å². The molecule has 1 aromatic rings. The van der Waals surface area contributed by atoms with Gasteiger partial charge in [0.2, 0.25) is 0 Å². The summed E-state index contributed by atoms with van der Waals surface area (Å²) >= 11 is 2.91. The number of ketones is 1. The highest BCUT2D eigenvalue weighted by Crippen LogP contribution is 2.30. The molecule has 0 radical (unpaired) electrons. The third-order valence-corrected chi connectivity index (χ3v) is 2.23. The zero-order valence-electron chi connectivity index (χ0n) is 8.52. The Labute approximate surface area is 103 Å². The number of Topliss-reactive ketones (excluding diaryl/α,β-unsaturated/α-hetero) is 1. The minimum atomic E-state index is -5.05. The predicted molar refractivity (Wildman–Crippen MR) is 55.8 cm³/mol. The van der Waals surface area contributed by atoms with E-state index in [9.17, 15) is 22.4 Å². The van der Waals surface area contributed by atoms with Crippen LogP contribution >= 0.6 is 15.9 Å². The number of para-hydroxylation sites is 1. The van der Waals surface area contributed by atoms with Crippen LogP contribution in [-0.2, 0) is 0 Å². The Kier molecular flexibility index (Phi) is 4.13. The van der Waals surface area contributed by atoms with Crippen molar-refractivity contribution >= 4 is 21.7 Å². The molecule has 1 atom stereocenters. The average Bonchev–Trinajstić information content (AvgIpc) is 2.18. The molecule has 0 fully saturated rings. The van der Waals surface area contributed by atoms with Crippen LogP contribution in [0.25, 0.3) is 0 Å². The number of alkyl halides is 4. The van der Waals surface area contributed by atoms with Crippen molar-refractivity contribution in [3.63, 3.8) is 0 Å². The molecule has 2 nitrogen and oxygen atoms in total. The topological polar surface area (TPSA) is 26.3 Å². The molecule has 0 spiro atoms. The maximum atomic E-state index is 13.2. The largest absolute Gasteiger partial charge is 0.573 e. The third kappa shape index (κ3) is 3.69. The van der Waals surface area contributed by atoms with Crippen LogP contribution in [0.5, 0.6) is 5.75 Å². The van der Waals surface area contributed by atoms with Gasteiger partial charge in [0.1, 0.15) is 0 Å². The van der Waals surface area contributed by atoms with Gasteiger partial charge in [-0.2, -0.15) is 0 Å². The summed E-state index contributed by atoms with van der Waals surface area (Å²) in [6, 6.07) is 3.00. The highest BCUT2D eigenvalue weighted by molar-refractivity contribution is 9.10. The van der Waals surface area contributed by atoms with Crippen molar-refractivity contribution < 1.29 is 27.1 Å². The van der Waals surface area contributed by atoms with Crippen LogP contribution in [0.3, 0.4) is 0 Å². The van der Waals surface area contributed by atoms with E-state index in [4.69, 9.17) is 0 Å². The van der Waals surface area contributed by atoms with Crippen molar-refractivity contribution in [3.05, 3.63) is 29.6 Å². The van der Waals surface area contributed by atoms with Gasteiger partial charge in [-0.25, -0.2) is 4.39 Å². The lowest BCUT2D eigenvalue weighted by atomic mass is 10.1. The standard InChI is InChI=1S/C10H7BrF4O2/c1-5(11)8(16)6-3-2-4-7(12)9(6)17-10(13,14)15/h2-5H,1H3. The van der Waals surface area contributed by atoms with E-state index < -0.39 is 34.1 Å². The molecule has 0 saturated carbocycles. The molecule has 17 heavy (non-hydrogen) atoms. The summed E-state index contributed by atoms with van der Waals surface area (Å²) in [5, 5.41) is 0. The molecule has 0 aliphatic carbocycles. The van der Waals surface area contributed by atoms with Crippen molar-refractivity contribution in [3.8, 4) is 5.75 Å². The lowest BCUT2D eigenvalue weighted by molar-refractivity contribution is -0.275. The Morgan fingerprint density at radius 1 is 1.41 bits per heavy atom. The first-order valence-electron chi connectivity index (χ1n) is 4.45. The molecule has 1 unspecified atom stereocenters. The molecule has 0 heterocycles. The highest BCUT2D eigenvalue weighted by Gasteiger charge is 2.34. The summed E-state index contributed by atoms with van der Waals surface area (Å²) < 4.78 is 52.9. The van der Waals surface area contributed by atoms with E-state index in [-0.39, 0.29) is 0 Å². The van der Waals surface area contributed by atoms with E-state index in [1.54, 1.807) is 0 Å². The normalized spacial score (nSPS) is 13.3. The van der Waals surface area contributed by atoms with Gasteiger partial charge in [0.25, 0.3) is 0 Å². The summed E-state index contributed by atoms with van der Waals surface area (Å²) in [5.74, 6) is -3.03. The number of carbonyl (C=O) groups is 1. The van der Waals surface area contributed by atoms with Crippen molar-refractivity contribution in [2.75, 3.05) is 0 Å². The van der Waals surface area contributed by atoms with Gasteiger partial charge in [-0.05, 0) is 19.1 Å². The van der Waals surface area contributed by atoms with Crippen LogP contribution in [0.1, 0.15) is 17.3 Å². The maximum Gasteiger partial charge on any atom is 0.573 e. The second-order valence-corrected chi connectivity index (χ2v) is 4.52. The first-order valence-corrected chi connectivity index (χ1v) is 5.36. The number of rotatable bonds is 3. The van der Waals surface area contributed by atoms with Crippen LogP contribution in [-0.4, -0.2) is 17.0 Å². The number of ether oxygens (including phenoxy) is 1. The van der Waals surface area contributed by atoms with E-state index in [0.29, 0.717) is 0 Å².